The summed E-state index contributed by atoms with van der Waals surface area (Å²) in [5, 5.41) is 0. The van der Waals surface area contributed by atoms with E-state index in [-0.39, 0.29) is 5.72 Å². The van der Waals surface area contributed by atoms with E-state index in [1.807, 2.05) is 13.8 Å². The Morgan fingerprint density at radius 3 is 2.12 bits per heavy atom. The van der Waals surface area contributed by atoms with Gasteiger partial charge in [0.05, 0.1) is 6.61 Å². The van der Waals surface area contributed by atoms with Gasteiger partial charge in [-0.15, -0.1) is 0 Å². The van der Waals surface area contributed by atoms with Crippen LogP contribution in [0.25, 0.3) is 0 Å². The van der Waals surface area contributed by atoms with Gasteiger partial charge in [-0.2, -0.15) is 0 Å². The smallest absolute Gasteiger partial charge is 0.134 e. The molecule has 0 saturated carbocycles. The van der Waals surface area contributed by atoms with Gasteiger partial charge in [-0.1, -0.05) is 34.1 Å². The molecule has 0 aromatic carbocycles. The Balaban J connectivity index is 0.000000450. The highest BCUT2D eigenvalue weighted by Gasteiger charge is 2.42. The monoisotopic (exact) mass is 244 g/mol. The van der Waals surface area contributed by atoms with Crippen molar-refractivity contribution in [1.82, 2.24) is 9.80 Å². The molecule has 0 radical (unpaired) electrons. The number of hydrogen-bond donors (Lipinski definition) is 0. The third-order valence-electron chi connectivity index (χ3n) is 3.12. The summed E-state index contributed by atoms with van der Waals surface area (Å²) in [4.78, 5) is 4.73. The van der Waals surface area contributed by atoms with Crippen molar-refractivity contribution in [2.75, 3.05) is 40.3 Å². The average molecular weight is 244 g/mol. The molecular formula is C14H32N2O. The average Bonchev–Trinajstić information content (AvgIpc) is 2.64. The molecule has 17 heavy (non-hydrogen) atoms. The molecule has 2 heterocycles. The summed E-state index contributed by atoms with van der Waals surface area (Å²) in [6, 6.07) is 0. The maximum Gasteiger partial charge on any atom is 0.134 e. The van der Waals surface area contributed by atoms with Gasteiger partial charge in [0.2, 0.25) is 0 Å². The van der Waals surface area contributed by atoms with Crippen molar-refractivity contribution in [2.24, 2.45) is 0 Å². The number of hydrogen-bond acceptors (Lipinski definition) is 3. The maximum absolute atomic E-state index is 5.85. The first-order chi connectivity index (χ1) is 8.14. The third-order valence-corrected chi connectivity index (χ3v) is 3.12. The lowest BCUT2D eigenvalue weighted by atomic mass is 10.0. The molecule has 1 atom stereocenters. The SMILES string of the molecule is CC.CCC.CN1CCCC2(C1)OCCN2C. The second-order valence-corrected chi connectivity index (χ2v) is 4.76. The first-order valence-corrected chi connectivity index (χ1v) is 7.18. The Morgan fingerprint density at radius 2 is 1.71 bits per heavy atom. The van der Waals surface area contributed by atoms with Crippen molar-refractivity contribution in [2.45, 2.75) is 52.7 Å². The van der Waals surface area contributed by atoms with Gasteiger partial charge < -0.3 is 9.64 Å². The highest BCUT2D eigenvalue weighted by molar-refractivity contribution is 4.90. The van der Waals surface area contributed by atoms with Gasteiger partial charge in [0.15, 0.2) is 0 Å². The van der Waals surface area contributed by atoms with Crippen LogP contribution in [0.15, 0.2) is 0 Å². The van der Waals surface area contributed by atoms with Crippen LogP contribution in [-0.2, 0) is 4.74 Å². The fourth-order valence-corrected chi connectivity index (χ4v) is 2.32. The summed E-state index contributed by atoms with van der Waals surface area (Å²) in [6.07, 6.45) is 3.72. The van der Waals surface area contributed by atoms with Crippen LogP contribution in [0.4, 0.5) is 0 Å². The predicted molar refractivity (Wildman–Crippen MR) is 75.4 cm³/mol. The first-order valence-electron chi connectivity index (χ1n) is 7.18. The van der Waals surface area contributed by atoms with E-state index in [0.29, 0.717) is 0 Å². The lowest BCUT2D eigenvalue weighted by Gasteiger charge is -2.41. The zero-order valence-corrected chi connectivity index (χ0v) is 12.8. The van der Waals surface area contributed by atoms with E-state index in [9.17, 15) is 0 Å². The summed E-state index contributed by atoms with van der Waals surface area (Å²) >= 11 is 0. The zero-order chi connectivity index (χ0) is 13.3. The molecule has 3 nitrogen and oxygen atoms in total. The zero-order valence-electron chi connectivity index (χ0n) is 12.8. The second kappa shape index (κ2) is 8.90. The number of ether oxygens (including phenoxy) is 1. The molecule has 2 saturated heterocycles. The quantitative estimate of drug-likeness (QED) is 0.652. The maximum atomic E-state index is 5.85. The van der Waals surface area contributed by atoms with Gasteiger partial charge in [-0.05, 0) is 33.5 Å². The molecule has 0 N–H and O–H groups in total. The van der Waals surface area contributed by atoms with E-state index in [2.05, 4.69) is 37.7 Å². The Bertz CT molecular complexity index is 187. The van der Waals surface area contributed by atoms with Crippen molar-refractivity contribution in [3.05, 3.63) is 0 Å². The summed E-state index contributed by atoms with van der Waals surface area (Å²) in [5.41, 5.74) is 0.0625. The molecule has 104 valence electrons. The number of piperidine rings is 1. The molecular weight excluding hydrogens is 212 g/mol. The topological polar surface area (TPSA) is 15.7 Å². The number of likely N-dealkylation sites (tertiary alicyclic amines) is 1. The highest BCUT2D eigenvalue weighted by Crippen LogP contribution is 2.30. The minimum atomic E-state index is 0.0625. The Hall–Kier alpha value is -0.120. The first kappa shape index (κ1) is 16.9. The van der Waals surface area contributed by atoms with Crippen molar-refractivity contribution >= 4 is 0 Å². The van der Waals surface area contributed by atoms with E-state index < -0.39 is 0 Å². The molecule has 0 aliphatic carbocycles. The molecule has 2 aliphatic rings. The molecule has 1 unspecified atom stereocenters. The summed E-state index contributed by atoms with van der Waals surface area (Å²) in [7, 11) is 4.35. The normalized spacial score (nSPS) is 29.3. The minimum Gasteiger partial charge on any atom is -0.358 e. The summed E-state index contributed by atoms with van der Waals surface area (Å²) < 4.78 is 5.85. The van der Waals surface area contributed by atoms with Crippen LogP contribution in [-0.4, -0.2) is 55.9 Å². The van der Waals surface area contributed by atoms with E-state index in [0.717, 1.165) is 19.7 Å². The van der Waals surface area contributed by atoms with Gasteiger partial charge in [0, 0.05) is 13.1 Å². The van der Waals surface area contributed by atoms with Crippen molar-refractivity contribution < 1.29 is 4.74 Å². The molecule has 2 fully saturated rings. The van der Waals surface area contributed by atoms with Crippen LogP contribution in [0.5, 0.6) is 0 Å². The fourth-order valence-electron chi connectivity index (χ4n) is 2.32. The summed E-state index contributed by atoms with van der Waals surface area (Å²) in [6.45, 7) is 12.5. The largest absolute Gasteiger partial charge is 0.358 e. The Kier molecular flexibility index (Phi) is 8.83. The minimum absolute atomic E-state index is 0.0625. The number of nitrogens with zero attached hydrogens (tertiary/aromatic N) is 2. The van der Waals surface area contributed by atoms with Crippen LogP contribution in [0, 0.1) is 0 Å². The number of likely N-dealkylation sites (N-methyl/N-ethyl adjacent to an activating group) is 2. The molecule has 1 spiro atoms. The van der Waals surface area contributed by atoms with Crippen molar-refractivity contribution in [3.8, 4) is 0 Å². The molecule has 2 rings (SSSR count). The van der Waals surface area contributed by atoms with Crippen LogP contribution in [0.3, 0.4) is 0 Å². The molecule has 0 aromatic heterocycles. The number of rotatable bonds is 0. The van der Waals surface area contributed by atoms with Gasteiger partial charge in [-0.25, -0.2) is 0 Å². The van der Waals surface area contributed by atoms with Gasteiger partial charge in [-0.3, -0.25) is 4.90 Å². The molecule has 3 heteroatoms. The lowest BCUT2D eigenvalue weighted by molar-refractivity contribution is -0.112. The van der Waals surface area contributed by atoms with Crippen molar-refractivity contribution in [1.29, 1.82) is 0 Å². The lowest BCUT2D eigenvalue weighted by Crippen LogP contribution is -2.54. The Labute approximate surface area is 108 Å². The van der Waals surface area contributed by atoms with Crippen molar-refractivity contribution in [3.63, 3.8) is 0 Å². The van der Waals surface area contributed by atoms with Crippen LogP contribution >= 0.6 is 0 Å². The third kappa shape index (κ3) is 4.94. The standard InChI is InChI=1S/C9H18N2O.C3H8.C2H6/c1-10-5-3-4-9(8-10)11(2)6-7-12-9;1-3-2;1-2/h3-8H2,1-2H3;3H2,1-2H3;1-2H3. The van der Waals surface area contributed by atoms with E-state index >= 15 is 0 Å². The van der Waals surface area contributed by atoms with E-state index in [4.69, 9.17) is 4.74 Å². The van der Waals surface area contributed by atoms with Gasteiger partial charge >= 0.3 is 0 Å². The van der Waals surface area contributed by atoms with E-state index in [1.165, 1.54) is 25.8 Å². The molecule has 0 amide bonds. The van der Waals surface area contributed by atoms with Crippen LogP contribution in [0.2, 0.25) is 0 Å². The van der Waals surface area contributed by atoms with Crippen LogP contribution in [0.1, 0.15) is 47.0 Å². The van der Waals surface area contributed by atoms with Gasteiger partial charge in [0.25, 0.3) is 0 Å². The molecule has 2 aliphatic heterocycles. The molecule has 0 bridgehead atoms. The fraction of sp³-hybridized carbons (Fsp3) is 1.00. The van der Waals surface area contributed by atoms with Gasteiger partial charge in [0.1, 0.15) is 5.72 Å². The highest BCUT2D eigenvalue weighted by atomic mass is 16.5. The van der Waals surface area contributed by atoms with E-state index in [1.54, 1.807) is 0 Å². The van der Waals surface area contributed by atoms with Crippen LogP contribution < -0.4 is 0 Å². The second-order valence-electron chi connectivity index (χ2n) is 4.76. The Morgan fingerprint density at radius 1 is 1.12 bits per heavy atom. The molecule has 0 aromatic rings. The summed E-state index contributed by atoms with van der Waals surface area (Å²) in [5.74, 6) is 0. The predicted octanol–water partition coefficient (Wildman–Crippen LogP) is 2.81.